The van der Waals surface area contributed by atoms with Crippen LogP contribution in [0.25, 0.3) is 0 Å². The van der Waals surface area contributed by atoms with Crippen LogP contribution in [0.5, 0.6) is 17.2 Å². The normalized spacial score (nSPS) is 32.7. The summed E-state index contributed by atoms with van der Waals surface area (Å²) >= 11 is 0. The van der Waals surface area contributed by atoms with Gasteiger partial charge in [-0.05, 0) is 66.0 Å². The molecule has 2 saturated heterocycles. The van der Waals surface area contributed by atoms with Gasteiger partial charge >= 0.3 is 0 Å². The van der Waals surface area contributed by atoms with Gasteiger partial charge in [-0.1, -0.05) is 35.8 Å². The summed E-state index contributed by atoms with van der Waals surface area (Å²) in [7, 11) is 0. The van der Waals surface area contributed by atoms with E-state index in [-0.39, 0.29) is 46.2 Å². The molecular weight excluding hydrogens is 494 g/mol. The Morgan fingerprint density at radius 3 is 2.46 bits per heavy atom. The highest BCUT2D eigenvalue weighted by atomic mass is 16.6. The highest BCUT2D eigenvalue weighted by Crippen LogP contribution is 2.65. The number of Topliss-reactive ketones (excluding diaryl/α,β-unsaturated/α-hetero) is 2. The number of phenols is 2. The SMILES string of the molecule is CC(C)=CCc1c(O)cc(O)c2c1O[C@@]13C(=C[C@H]4C(=O)[C@]1(CC=C(C)C)OC[C@@H]3[C@H]4CN1CCCCC1)C2=O. The molecule has 7 nitrogen and oxygen atoms in total. The Morgan fingerprint density at radius 2 is 1.77 bits per heavy atom. The smallest absolute Gasteiger partial charge is 0.200 e. The molecule has 3 aliphatic carbocycles. The first kappa shape index (κ1) is 26.3. The molecule has 1 spiro atoms. The second-order valence-electron chi connectivity index (χ2n) is 12.5. The van der Waals surface area contributed by atoms with E-state index in [1.807, 2.05) is 45.9 Å². The van der Waals surface area contributed by atoms with Gasteiger partial charge in [0.2, 0.25) is 0 Å². The van der Waals surface area contributed by atoms with Crippen LogP contribution >= 0.6 is 0 Å². The van der Waals surface area contributed by atoms with E-state index in [0.29, 0.717) is 30.6 Å². The number of rotatable bonds is 6. The van der Waals surface area contributed by atoms with Crippen LogP contribution in [0.15, 0.2) is 41.0 Å². The van der Waals surface area contributed by atoms with Crippen LogP contribution < -0.4 is 4.74 Å². The third-order valence-corrected chi connectivity index (χ3v) is 9.56. The Morgan fingerprint density at radius 1 is 1.05 bits per heavy atom. The Bertz CT molecular complexity index is 1330. The molecule has 6 aliphatic rings. The zero-order valence-electron chi connectivity index (χ0n) is 23.4. The van der Waals surface area contributed by atoms with Crippen LogP contribution in [0, 0.1) is 17.8 Å². The van der Waals surface area contributed by atoms with Crippen molar-refractivity contribution in [1.82, 2.24) is 4.90 Å². The molecule has 7 heteroatoms. The number of phenolic OH excluding ortho intramolecular Hbond substituents is 2. The first-order valence-corrected chi connectivity index (χ1v) is 14.3. The highest BCUT2D eigenvalue weighted by Gasteiger charge is 2.79. The number of piperidine rings is 1. The molecule has 1 aromatic carbocycles. The van der Waals surface area contributed by atoms with Gasteiger partial charge in [-0.2, -0.15) is 0 Å². The predicted molar refractivity (Wildman–Crippen MR) is 147 cm³/mol. The molecular formula is C32H39NO6. The summed E-state index contributed by atoms with van der Waals surface area (Å²) in [4.78, 5) is 31.1. The average Bonchev–Trinajstić information content (AvgIpc) is 3.17. The van der Waals surface area contributed by atoms with Crippen molar-refractivity contribution in [3.05, 3.63) is 52.1 Å². The monoisotopic (exact) mass is 533 g/mol. The molecule has 0 unspecified atom stereocenters. The van der Waals surface area contributed by atoms with Crippen molar-refractivity contribution in [2.75, 3.05) is 26.2 Å². The molecule has 1 aromatic rings. The number of ketones is 2. The van der Waals surface area contributed by atoms with Gasteiger partial charge in [-0.25, -0.2) is 0 Å². The quantitative estimate of drug-likeness (QED) is 0.502. The number of allylic oxidation sites excluding steroid dienone is 4. The average molecular weight is 534 g/mol. The number of likely N-dealkylation sites (tertiary alicyclic amines) is 1. The standard InChI is InChI=1S/C32H39NO6/c1-18(2)8-9-20-25(34)15-26(35)27-28(36)23-14-21-22(16-33-12-6-5-7-13-33)24-17-38-31(30(21)37,11-10-19(3)4)32(23,24)39-29(20)27/h8,10,14-15,21-22,24,34-35H,5-7,9,11-13,16-17H2,1-4H3/t21-,22+,24-,31+,32-/m1/s1. The molecule has 3 aliphatic heterocycles. The van der Waals surface area contributed by atoms with Crippen molar-refractivity contribution in [1.29, 1.82) is 0 Å². The van der Waals surface area contributed by atoms with E-state index in [1.54, 1.807) is 0 Å². The van der Waals surface area contributed by atoms with E-state index in [1.165, 1.54) is 12.5 Å². The van der Waals surface area contributed by atoms with Crippen LogP contribution in [0.2, 0.25) is 0 Å². The Labute approximate surface area is 230 Å². The van der Waals surface area contributed by atoms with Crippen LogP contribution in [-0.2, 0) is 16.0 Å². The maximum atomic E-state index is 14.4. The minimum absolute atomic E-state index is 0.0222. The van der Waals surface area contributed by atoms with Gasteiger partial charge in [0.15, 0.2) is 22.8 Å². The first-order chi connectivity index (χ1) is 18.6. The van der Waals surface area contributed by atoms with Gasteiger partial charge in [0.05, 0.1) is 6.61 Å². The van der Waals surface area contributed by atoms with E-state index in [2.05, 4.69) is 4.90 Å². The number of fused-ring (bicyclic) bond motifs is 1. The number of carbonyl (C=O) groups excluding carboxylic acids is 2. The summed E-state index contributed by atoms with van der Waals surface area (Å²) in [5.74, 6) is -1.31. The second-order valence-corrected chi connectivity index (χ2v) is 12.5. The molecule has 0 aromatic heterocycles. The van der Waals surface area contributed by atoms with Crippen LogP contribution in [-0.4, -0.2) is 64.1 Å². The number of hydrogen-bond acceptors (Lipinski definition) is 7. The molecule has 4 bridgehead atoms. The maximum absolute atomic E-state index is 14.4. The van der Waals surface area contributed by atoms with E-state index in [4.69, 9.17) is 9.47 Å². The zero-order chi connectivity index (χ0) is 27.7. The fourth-order valence-corrected chi connectivity index (χ4v) is 7.67. The Balaban J connectivity index is 1.55. The second kappa shape index (κ2) is 9.34. The maximum Gasteiger partial charge on any atom is 0.200 e. The number of ether oxygens (including phenoxy) is 2. The van der Waals surface area contributed by atoms with Gasteiger partial charge in [0, 0.05) is 42.0 Å². The fraction of sp³-hybridized carbons (Fsp3) is 0.562. The third-order valence-electron chi connectivity index (χ3n) is 9.56. The molecule has 3 fully saturated rings. The van der Waals surface area contributed by atoms with Crippen molar-refractivity contribution >= 4 is 11.6 Å². The van der Waals surface area contributed by atoms with Gasteiger partial charge in [-0.3, -0.25) is 9.59 Å². The molecule has 5 atom stereocenters. The lowest BCUT2D eigenvalue weighted by Crippen LogP contribution is -2.74. The van der Waals surface area contributed by atoms with Crippen LogP contribution in [0.1, 0.15) is 69.3 Å². The number of aromatic hydroxyl groups is 2. The summed E-state index contributed by atoms with van der Waals surface area (Å²) < 4.78 is 13.5. The van der Waals surface area contributed by atoms with E-state index in [9.17, 15) is 19.8 Å². The number of hydrogen-bond donors (Lipinski definition) is 2. The largest absolute Gasteiger partial charge is 0.507 e. The summed E-state index contributed by atoms with van der Waals surface area (Å²) in [6.07, 6.45) is 9.96. The molecule has 39 heavy (non-hydrogen) atoms. The summed E-state index contributed by atoms with van der Waals surface area (Å²) in [5.41, 5.74) is 0.393. The fourth-order valence-electron chi connectivity index (χ4n) is 7.67. The minimum Gasteiger partial charge on any atom is -0.507 e. The molecule has 7 rings (SSSR count). The molecule has 208 valence electrons. The Hall–Kier alpha value is -2.90. The lowest BCUT2D eigenvalue weighted by atomic mass is 9.49. The van der Waals surface area contributed by atoms with E-state index >= 15 is 0 Å². The Kier molecular flexibility index (Phi) is 6.31. The van der Waals surface area contributed by atoms with E-state index in [0.717, 1.165) is 43.6 Å². The summed E-state index contributed by atoms with van der Waals surface area (Å²) in [6, 6.07) is 1.22. The van der Waals surface area contributed by atoms with Crippen molar-refractivity contribution in [2.24, 2.45) is 17.8 Å². The zero-order valence-corrected chi connectivity index (χ0v) is 23.4. The summed E-state index contributed by atoms with van der Waals surface area (Å²) in [6.45, 7) is 11.0. The minimum atomic E-state index is -1.33. The molecule has 1 saturated carbocycles. The summed E-state index contributed by atoms with van der Waals surface area (Å²) in [5, 5.41) is 21.8. The van der Waals surface area contributed by atoms with Gasteiger partial charge in [0.1, 0.15) is 22.8 Å². The molecule has 0 amide bonds. The van der Waals surface area contributed by atoms with Crippen LogP contribution in [0.3, 0.4) is 0 Å². The highest BCUT2D eigenvalue weighted by molar-refractivity contribution is 6.18. The van der Waals surface area contributed by atoms with Crippen molar-refractivity contribution in [3.63, 3.8) is 0 Å². The molecule has 3 heterocycles. The topological polar surface area (TPSA) is 96.3 Å². The number of carbonyl (C=O) groups is 2. The number of benzene rings is 1. The van der Waals surface area contributed by atoms with Gasteiger partial charge in [0.25, 0.3) is 0 Å². The first-order valence-electron chi connectivity index (χ1n) is 14.3. The van der Waals surface area contributed by atoms with Crippen molar-refractivity contribution < 1.29 is 29.3 Å². The van der Waals surface area contributed by atoms with Crippen molar-refractivity contribution in [2.45, 2.75) is 71.0 Å². The predicted octanol–water partition coefficient (Wildman–Crippen LogP) is 4.90. The lowest BCUT2D eigenvalue weighted by molar-refractivity contribution is -0.171. The molecule has 0 radical (unpaired) electrons. The number of nitrogens with zero attached hydrogens (tertiary/aromatic N) is 1. The van der Waals surface area contributed by atoms with E-state index < -0.39 is 17.1 Å². The molecule has 2 N–H and O–H groups in total. The van der Waals surface area contributed by atoms with Crippen LogP contribution in [0.4, 0.5) is 0 Å². The third kappa shape index (κ3) is 3.69. The van der Waals surface area contributed by atoms with Crippen molar-refractivity contribution in [3.8, 4) is 17.2 Å². The van der Waals surface area contributed by atoms with Gasteiger partial charge < -0.3 is 24.6 Å². The lowest BCUT2D eigenvalue weighted by Gasteiger charge is -2.59. The van der Waals surface area contributed by atoms with Gasteiger partial charge in [-0.15, -0.1) is 0 Å².